The van der Waals surface area contributed by atoms with Crippen LogP contribution in [0.5, 0.6) is 0 Å². The molecule has 0 unspecified atom stereocenters. The molecule has 1 aliphatic rings. The molecule has 20 heavy (non-hydrogen) atoms. The highest BCUT2D eigenvalue weighted by molar-refractivity contribution is 7.89. The SMILES string of the molecule is CCCN(C1CC1)S(=O)(=O)c1cc(CO)cc(F)c1F. The van der Waals surface area contributed by atoms with Gasteiger partial charge in [-0.3, -0.25) is 0 Å². The predicted molar refractivity (Wildman–Crippen MR) is 69.5 cm³/mol. The molecule has 0 aliphatic heterocycles. The Balaban J connectivity index is 2.49. The van der Waals surface area contributed by atoms with Crippen molar-refractivity contribution in [2.45, 2.75) is 43.7 Å². The molecule has 0 aromatic heterocycles. The summed E-state index contributed by atoms with van der Waals surface area (Å²) in [5.41, 5.74) is 0.0368. The van der Waals surface area contributed by atoms with E-state index in [-0.39, 0.29) is 18.2 Å². The van der Waals surface area contributed by atoms with Crippen LogP contribution in [0.3, 0.4) is 0 Å². The van der Waals surface area contributed by atoms with Gasteiger partial charge in [0.2, 0.25) is 10.0 Å². The van der Waals surface area contributed by atoms with Crippen LogP contribution in [-0.4, -0.2) is 30.4 Å². The molecule has 4 nitrogen and oxygen atoms in total. The third-order valence-electron chi connectivity index (χ3n) is 3.22. The fourth-order valence-corrected chi connectivity index (χ4v) is 4.01. The quantitative estimate of drug-likeness (QED) is 0.875. The molecule has 1 N–H and O–H groups in total. The molecule has 1 fully saturated rings. The lowest BCUT2D eigenvalue weighted by molar-refractivity contribution is 0.280. The molecule has 0 heterocycles. The monoisotopic (exact) mass is 305 g/mol. The molecule has 2 rings (SSSR count). The lowest BCUT2D eigenvalue weighted by atomic mass is 10.2. The summed E-state index contributed by atoms with van der Waals surface area (Å²) in [4.78, 5) is -0.693. The van der Waals surface area contributed by atoms with Gasteiger partial charge in [0, 0.05) is 12.6 Å². The topological polar surface area (TPSA) is 57.6 Å². The largest absolute Gasteiger partial charge is 0.392 e. The van der Waals surface area contributed by atoms with E-state index in [0.29, 0.717) is 6.42 Å². The Morgan fingerprint density at radius 2 is 2.00 bits per heavy atom. The Labute approximate surface area is 117 Å². The number of hydrogen-bond donors (Lipinski definition) is 1. The molecule has 0 spiro atoms. The van der Waals surface area contributed by atoms with Gasteiger partial charge in [-0.05, 0) is 37.0 Å². The van der Waals surface area contributed by atoms with Crippen LogP contribution in [0.4, 0.5) is 8.78 Å². The van der Waals surface area contributed by atoms with Crippen molar-refractivity contribution in [3.8, 4) is 0 Å². The lowest BCUT2D eigenvalue weighted by Gasteiger charge is -2.22. The zero-order chi connectivity index (χ0) is 14.9. The number of aliphatic hydroxyl groups excluding tert-OH is 1. The van der Waals surface area contributed by atoms with Gasteiger partial charge in [0.25, 0.3) is 0 Å². The Hall–Kier alpha value is -1.05. The van der Waals surface area contributed by atoms with Crippen LogP contribution in [0.15, 0.2) is 17.0 Å². The van der Waals surface area contributed by atoms with Crippen LogP contribution in [-0.2, 0) is 16.6 Å². The van der Waals surface area contributed by atoms with Crippen LogP contribution < -0.4 is 0 Å². The number of benzene rings is 1. The van der Waals surface area contributed by atoms with Gasteiger partial charge >= 0.3 is 0 Å². The molecule has 112 valence electrons. The summed E-state index contributed by atoms with van der Waals surface area (Å²) < 4.78 is 53.5. The first-order valence-electron chi connectivity index (χ1n) is 6.52. The van der Waals surface area contributed by atoms with Gasteiger partial charge in [-0.1, -0.05) is 6.92 Å². The van der Waals surface area contributed by atoms with Crippen molar-refractivity contribution in [1.82, 2.24) is 4.31 Å². The number of rotatable bonds is 6. The van der Waals surface area contributed by atoms with E-state index in [4.69, 9.17) is 5.11 Å². The molecule has 0 atom stereocenters. The number of aliphatic hydroxyl groups is 1. The highest BCUT2D eigenvalue weighted by Crippen LogP contribution is 2.33. The van der Waals surface area contributed by atoms with E-state index >= 15 is 0 Å². The van der Waals surface area contributed by atoms with Crippen LogP contribution in [0.2, 0.25) is 0 Å². The molecule has 1 aromatic rings. The smallest absolute Gasteiger partial charge is 0.246 e. The van der Waals surface area contributed by atoms with E-state index in [2.05, 4.69) is 0 Å². The first kappa shape index (κ1) is 15.3. The maximum absolute atomic E-state index is 13.8. The first-order valence-corrected chi connectivity index (χ1v) is 7.96. The van der Waals surface area contributed by atoms with Gasteiger partial charge in [-0.2, -0.15) is 4.31 Å². The van der Waals surface area contributed by atoms with E-state index in [0.717, 1.165) is 25.0 Å². The van der Waals surface area contributed by atoms with Crippen LogP contribution in [0.1, 0.15) is 31.7 Å². The molecular formula is C13H17F2NO3S. The number of halogens is 2. The minimum Gasteiger partial charge on any atom is -0.392 e. The number of nitrogens with zero attached hydrogens (tertiary/aromatic N) is 1. The lowest BCUT2D eigenvalue weighted by Crippen LogP contribution is -2.34. The molecule has 0 amide bonds. The molecule has 0 radical (unpaired) electrons. The average Bonchev–Trinajstić information content (AvgIpc) is 3.22. The van der Waals surface area contributed by atoms with Crippen molar-refractivity contribution in [2.24, 2.45) is 0 Å². The van der Waals surface area contributed by atoms with Gasteiger partial charge < -0.3 is 5.11 Å². The summed E-state index contributed by atoms with van der Waals surface area (Å²) in [6, 6.07) is 1.68. The fraction of sp³-hybridized carbons (Fsp3) is 0.538. The molecule has 0 bridgehead atoms. The van der Waals surface area contributed by atoms with Gasteiger partial charge in [0.05, 0.1) is 6.61 Å². The van der Waals surface area contributed by atoms with Crippen molar-refractivity contribution >= 4 is 10.0 Å². The molecule has 1 aromatic carbocycles. The normalized spacial score (nSPS) is 15.8. The van der Waals surface area contributed by atoms with Crippen molar-refractivity contribution in [1.29, 1.82) is 0 Å². The second-order valence-corrected chi connectivity index (χ2v) is 6.75. The Kier molecular flexibility index (Phi) is 4.41. The van der Waals surface area contributed by atoms with Gasteiger partial charge in [0.1, 0.15) is 4.90 Å². The minimum atomic E-state index is -4.08. The van der Waals surface area contributed by atoms with Crippen molar-refractivity contribution < 1.29 is 22.3 Å². The summed E-state index contributed by atoms with van der Waals surface area (Å²) in [6.07, 6.45) is 2.07. The number of sulfonamides is 1. The second kappa shape index (κ2) is 5.75. The predicted octanol–water partition coefficient (Wildman–Crippen LogP) is 2.02. The molecule has 1 aliphatic carbocycles. The van der Waals surface area contributed by atoms with Crippen molar-refractivity contribution in [3.63, 3.8) is 0 Å². The number of hydrogen-bond acceptors (Lipinski definition) is 3. The van der Waals surface area contributed by atoms with E-state index < -0.39 is 33.2 Å². The maximum Gasteiger partial charge on any atom is 0.246 e. The third-order valence-corrected chi connectivity index (χ3v) is 5.17. The Bertz CT molecular complexity index is 600. The summed E-state index contributed by atoms with van der Waals surface area (Å²) >= 11 is 0. The van der Waals surface area contributed by atoms with E-state index in [1.54, 1.807) is 0 Å². The second-order valence-electron chi connectivity index (χ2n) is 4.89. The minimum absolute atomic E-state index is 0.0368. The summed E-state index contributed by atoms with van der Waals surface area (Å²) in [5.74, 6) is -2.65. The van der Waals surface area contributed by atoms with Gasteiger partial charge in [-0.15, -0.1) is 0 Å². The van der Waals surface area contributed by atoms with E-state index in [9.17, 15) is 17.2 Å². The first-order chi connectivity index (χ1) is 9.41. The zero-order valence-corrected chi connectivity index (χ0v) is 12.0. The molecule has 7 heteroatoms. The zero-order valence-electron chi connectivity index (χ0n) is 11.1. The average molecular weight is 305 g/mol. The Morgan fingerprint density at radius 3 is 2.50 bits per heavy atom. The van der Waals surface area contributed by atoms with E-state index in [1.807, 2.05) is 6.92 Å². The van der Waals surface area contributed by atoms with Crippen LogP contribution in [0.25, 0.3) is 0 Å². The van der Waals surface area contributed by atoms with Crippen molar-refractivity contribution in [3.05, 3.63) is 29.3 Å². The molecular weight excluding hydrogens is 288 g/mol. The van der Waals surface area contributed by atoms with Gasteiger partial charge in [-0.25, -0.2) is 17.2 Å². The highest BCUT2D eigenvalue weighted by atomic mass is 32.2. The standard InChI is InChI=1S/C13H17F2NO3S/c1-2-5-16(10-3-4-10)20(18,19)12-7-9(8-17)6-11(14)13(12)15/h6-7,10,17H,2-5,8H2,1H3. The van der Waals surface area contributed by atoms with Gasteiger partial charge in [0.15, 0.2) is 11.6 Å². The molecule has 1 saturated carbocycles. The van der Waals surface area contributed by atoms with Crippen LogP contribution in [0, 0.1) is 11.6 Å². The Morgan fingerprint density at radius 1 is 1.35 bits per heavy atom. The fourth-order valence-electron chi connectivity index (χ4n) is 2.10. The van der Waals surface area contributed by atoms with Crippen LogP contribution >= 0.6 is 0 Å². The third kappa shape index (κ3) is 2.84. The summed E-state index contributed by atoms with van der Waals surface area (Å²) in [7, 11) is -4.08. The van der Waals surface area contributed by atoms with Crippen molar-refractivity contribution in [2.75, 3.05) is 6.54 Å². The molecule has 0 saturated heterocycles. The van der Waals surface area contributed by atoms with E-state index in [1.165, 1.54) is 4.31 Å². The summed E-state index contributed by atoms with van der Waals surface area (Å²) in [5, 5.41) is 9.01. The maximum atomic E-state index is 13.8. The summed E-state index contributed by atoms with van der Waals surface area (Å²) in [6.45, 7) is 1.56. The highest BCUT2D eigenvalue weighted by Gasteiger charge is 2.39.